The summed E-state index contributed by atoms with van der Waals surface area (Å²) in [7, 11) is -3.80. The number of anilines is 2. The predicted molar refractivity (Wildman–Crippen MR) is 80.5 cm³/mol. The minimum absolute atomic E-state index is 0.0273. The fourth-order valence-corrected chi connectivity index (χ4v) is 3.69. The van der Waals surface area contributed by atoms with Gasteiger partial charge < -0.3 is 5.73 Å². The van der Waals surface area contributed by atoms with E-state index in [9.17, 15) is 12.8 Å². The van der Waals surface area contributed by atoms with Gasteiger partial charge in [0.25, 0.3) is 10.0 Å². The van der Waals surface area contributed by atoms with E-state index < -0.39 is 15.8 Å². The van der Waals surface area contributed by atoms with Gasteiger partial charge >= 0.3 is 0 Å². The molecule has 0 bridgehead atoms. The molecule has 0 saturated carbocycles. The third-order valence-corrected chi connectivity index (χ3v) is 5.03. The zero-order valence-corrected chi connectivity index (χ0v) is 12.9. The molecule has 2 rings (SSSR count). The summed E-state index contributed by atoms with van der Waals surface area (Å²) >= 11 is 3.17. The topological polar surface area (TPSA) is 72.2 Å². The highest BCUT2D eigenvalue weighted by Gasteiger charge is 2.18. The zero-order chi connectivity index (χ0) is 14.9. The molecule has 0 amide bonds. The van der Waals surface area contributed by atoms with E-state index in [1.54, 1.807) is 19.1 Å². The van der Waals surface area contributed by atoms with Crippen LogP contribution in [0.4, 0.5) is 15.8 Å². The Morgan fingerprint density at radius 3 is 2.55 bits per heavy atom. The second kappa shape index (κ2) is 5.41. The molecule has 106 valence electrons. The maximum absolute atomic E-state index is 13.2. The van der Waals surface area contributed by atoms with Crippen molar-refractivity contribution in [1.29, 1.82) is 0 Å². The van der Waals surface area contributed by atoms with Crippen LogP contribution in [-0.4, -0.2) is 8.42 Å². The molecular formula is C13H12BrFN2O2S. The summed E-state index contributed by atoms with van der Waals surface area (Å²) in [6.45, 7) is 1.56. The molecule has 0 aromatic heterocycles. The number of benzene rings is 2. The van der Waals surface area contributed by atoms with E-state index in [2.05, 4.69) is 20.7 Å². The summed E-state index contributed by atoms with van der Waals surface area (Å²) in [5.74, 6) is -0.391. The standard InChI is InChI=1S/C13H12BrFN2O2S/c1-8-6-10(3-5-12(8)15)17-20(18,19)13-7-9(16)2-4-11(13)14/h2-7,17H,16H2,1H3. The SMILES string of the molecule is Cc1cc(NS(=O)(=O)c2cc(N)ccc2Br)ccc1F. The van der Waals surface area contributed by atoms with Crippen molar-refractivity contribution in [2.45, 2.75) is 11.8 Å². The Morgan fingerprint density at radius 1 is 1.20 bits per heavy atom. The van der Waals surface area contributed by atoms with Crippen molar-refractivity contribution in [3.63, 3.8) is 0 Å². The molecule has 0 saturated heterocycles. The predicted octanol–water partition coefficient (Wildman–Crippen LogP) is 3.28. The monoisotopic (exact) mass is 358 g/mol. The molecule has 2 aromatic rings. The first kappa shape index (κ1) is 14.8. The molecule has 0 heterocycles. The Hall–Kier alpha value is -1.60. The third kappa shape index (κ3) is 3.10. The van der Waals surface area contributed by atoms with Gasteiger partial charge in [-0.1, -0.05) is 0 Å². The van der Waals surface area contributed by atoms with Gasteiger partial charge in [-0.2, -0.15) is 0 Å². The van der Waals surface area contributed by atoms with Crippen LogP contribution in [0, 0.1) is 12.7 Å². The van der Waals surface area contributed by atoms with Gasteiger partial charge in [0.1, 0.15) is 10.7 Å². The number of nitrogens with one attached hydrogen (secondary N) is 1. The van der Waals surface area contributed by atoms with Gasteiger partial charge in [0.05, 0.1) is 0 Å². The van der Waals surface area contributed by atoms with Crippen LogP contribution in [0.3, 0.4) is 0 Å². The van der Waals surface area contributed by atoms with Crippen molar-refractivity contribution in [2.75, 3.05) is 10.5 Å². The molecule has 0 unspecified atom stereocenters. The Bertz CT molecular complexity index is 763. The molecule has 20 heavy (non-hydrogen) atoms. The van der Waals surface area contributed by atoms with Gasteiger partial charge in [-0.3, -0.25) is 4.72 Å². The van der Waals surface area contributed by atoms with E-state index in [0.29, 0.717) is 21.4 Å². The Labute approximate surface area is 125 Å². The second-order valence-electron chi connectivity index (χ2n) is 4.26. The number of rotatable bonds is 3. The van der Waals surface area contributed by atoms with Gasteiger partial charge in [-0.15, -0.1) is 0 Å². The van der Waals surface area contributed by atoms with Crippen LogP contribution in [0.2, 0.25) is 0 Å². The Morgan fingerprint density at radius 2 is 1.90 bits per heavy atom. The summed E-state index contributed by atoms with van der Waals surface area (Å²) in [6, 6.07) is 8.49. The highest BCUT2D eigenvalue weighted by atomic mass is 79.9. The zero-order valence-electron chi connectivity index (χ0n) is 10.5. The second-order valence-corrected chi connectivity index (χ2v) is 6.76. The average molecular weight is 359 g/mol. The molecule has 4 nitrogen and oxygen atoms in total. The summed E-state index contributed by atoms with van der Waals surface area (Å²) in [5.41, 5.74) is 6.58. The minimum atomic E-state index is -3.80. The van der Waals surface area contributed by atoms with Crippen molar-refractivity contribution >= 4 is 37.3 Å². The molecule has 0 aliphatic carbocycles. The van der Waals surface area contributed by atoms with Crippen molar-refractivity contribution < 1.29 is 12.8 Å². The highest BCUT2D eigenvalue weighted by Crippen LogP contribution is 2.26. The quantitative estimate of drug-likeness (QED) is 0.827. The summed E-state index contributed by atoms with van der Waals surface area (Å²) in [5, 5.41) is 0. The van der Waals surface area contributed by atoms with E-state index in [4.69, 9.17) is 5.73 Å². The maximum Gasteiger partial charge on any atom is 0.263 e. The minimum Gasteiger partial charge on any atom is -0.399 e. The largest absolute Gasteiger partial charge is 0.399 e. The molecule has 0 spiro atoms. The molecule has 3 N–H and O–H groups in total. The molecule has 0 aliphatic rings. The smallest absolute Gasteiger partial charge is 0.263 e. The maximum atomic E-state index is 13.2. The first-order valence-corrected chi connectivity index (χ1v) is 7.91. The number of aryl methyl sites for hydroxylation is 1. The van der Waals surface area contributed by atoms with E-state index >= 15 is 0 Å². The van der Waals surface area contributed by atoms with Crippen molar-refractivity contribution in [3.8, 4) is 0 Å². The Kier molecular flexibility index (Phi) is 4.01. The molecule has 0 radical (unpaired) electrons. The van der Waals surface area contributed by atoms with E-state index in [0.717, 1.165) is 0 Å². The number of sulfonamides is 1. The lowest BCUT2D eigenvalue weighted by Gasteiger charge is -2.11. The fourth-order valence-electron chi connectivity index (χ4n) is 1.64. The van der Waals surface area contributed by atoms with Crippen LogP contribution in [0.5, 0.6) is 0 Å². The van der Waals surface area contributed by atoms with Crippen LogP contribution >= 0.6 is 15.9 Å². The number of hydrogen-bond donors (Lipinski definition) is 2. The first-order chi connectivity index (χ1) is 9.29. The lowest BCUT2D eigenvalue weighted by atomic mass is 10.2. The van der Waals surface area contributed by atoms with Crippen LogP contribution in [0.15, 0.2) is 45.8 Å². The molecule has 0 fully saturated rings. The summed E-state index contributed by atoms with van der Waals surface area (Å²) < 4.78 is 40.5. The highest BCUT2D eigenvalue weighted by molar-refractivity contribution is 9.10. The molecule has 7 heteroatoms. The third-order valence-electron chi connectivity index (χ3n) is 2.65. The Balaban J connectivity index is 2.40. The normalized spacial score (nSPS) is 11.3. The van der Waals surface area contributed by atoms with Crippen molar-refractivity contribution in [1.82, 2.24) is 0 Å². The van der Waals surface area contributed by atoms with Gasteiger partial charge in [-0.05, 0) is 64.8 Å². The summed E-state index contributed by atoms with van der Waals surface area (Å²) in [6.07, 6.45) is 0. The van der Waals surface area contributed by atoms with Gasteiger partial charge in [0.2, 0.25) is 0 Å². The van der Waals surface area contributed by atoms with E-state index in [1.807, 2.05) is 0 Å². The fraction of sp³-hybridized carbons (Fsp3) is 0.0769. The summed E-state index contributed by atoms with van der Waals surface area (Å²) in [4.78, 5) is 0.0273. The van der Waals surface area contributed by atoms with Crippen LogP contribution < -0.4 is 10.5 Å². The van der Waals surface area contributed by atoms with Gasteiger partial charge in [0, 0.05) is 15.8 Å². The lowest BCUT2D eigenvalue weighted by Crippen LogP contribution is -2.14. The number of nitrogens with two attached hydrogens (primary N) is 1. The van der Waals surface area contributed by atoms with Gasteiger partial charge in [0.15, 0.2) is 0 Å². The number of halogens is 2. The lowest BCUT2D eigenvalue weighted by molar-refractivity contribution is 0.600. The van der Waals surface area contributed by atoms with Crippen molar-refractivity contribution in [2.24, 2.45) is 0 Å². The molecular weight excluding hydrogens is 347 g/mol. The van der Waals surface area contributed by atoms with E-state index in [-0.39, 0.29) is 4.90 Å². The van der Waals surface area contributed by atoms with Crippen LogP contribution in [0.1, 0.15) is 5.56 Å². The number of hydrogen-bond acceptors (Lipinski definition) is 3. The van der Waals surface area contributed by atoms with Crippen molar-refractivity contribution in [3.05, 3.63) is 52.3 Å². The number of nitrogen functional groups attached to an aromatic ring is 1. The molecule has 2 aromatic carbocycles. The molecule has 0 atom stereocenters. The van der Waals surface area contributed by atoms with Crippen LogP contribution in [-0.2, 0) is 10.0 Å². The first-order valence-electron chi connectivity index (χ1n) is 5.63. The van der Waals surface area contributed by atoms with Gasteiger partial charge in [-0.25, -0.2) is 12.8 Å². The van der Waals surface area contributed by atoms with E-state index in [1.165, 1.54) is 24.3 Å². The van der Waals surface area contributed by atoms with Crippen LogP contribution in [0.25, 0.3) is 0 Å². The average Bonchev–Trinajstić information content (AvgIpc) is 2.36. The molecule has 0 aliphatic heterocycles.